The molecule has 90 valence electrons. The van der Waals surface area contributed by atoms with Gasteiger partial charge in [0.05, 0.1) is 19.1 Å². The van der Waals surface area contributed by atoms with Crippen molar-refractivity contribution in [1.29, 1.82) is 0 Å². The van der Waals surface area contributed by atoms with Gasteiger partial charge in [-0.1, -0.05) is 24.5 Å². The summed E-state index contributed by atoms with van der Waals surface area (Å²) in [6.07, 6.45) is 6.53. The summed E-state index contributed by atoms with van der Waals surface area (Å²) in [5.74, 6) is -0.272. The molecule has 16 heavy (non-hydrogen) atoms. The van der Waals surface area contributed by atoms with Crippen LogP contribution in [0.2, 0.25) is 0 Å². The van der Waals surface area contributed by atoms with Crippen LogP contribution in [0.25, 0.3) is 0 Å². The molecule has 0 aliphatic heterocycles. The van der Waals surface area contributed by atoms with Crippen LogP contribution in [0.5, 0.6) is 0 Å². The van der Waals surface area contributed by atoms with Gasteiger partial charge in [-0.2, -0.15) is 0 Å². The van der Waals surface area contributed by atoms with E-state index < -0.39 is 0 Å². The summed E-state index contributed by atoms with van der Waals surface area (Å²) in [5.41, 5.74) is 0.943. The standard InChI is InChI=1S/C13H20O3/c1-9-7-10(14)8-13(5-3-4-6-13)11(9)12(15)16-2/h7,10-11,14H,3-6,8H2,1-2H3/t10-,11+/m1/s1. The summed E-state index contributed by atoms with van der Waals surface area (Å²) >= 11 is 0. The van der Waals surface area contributed by atoms with Crippen molar-refractivity contribution in [3.05, 3.63) is 11.6 Å². The number of rotatable bonds is 1. The molecule has 0 aromatic carbocycles. The minimum atomic E-state index is -0.390. The Morgan fingerprint density at radius 2 is 2.12 bits per heavy atom. The Morgan fingerprint density at radius 3 is 2.69 bits per heavy atom. The lowest BCUT2D eigenvalue weighted by molar-refractivity contribution is -0.149. The van der Waals surface area contributed by atoms with Crippen molar-refractivity contribution in [2.75, 3.05) is 7.11 Å². The van der Waals surface area contributed by atoms with E-state index in [0.29, 0.717) is 6.42 Å². The topological polar surface area (TPSA) is 46.5 Å². The van der Waals surface area contributed by atoms with E-state index in [1.165, 1.54) is 7.11 Å². The van der Waals surface area contributed by atoms with Crippen LogP contribution in [0.15, 0.2) is 11.6 Å². The molecular formula is C13H20O3. The van der Waals surface area contributed by atoms with Crippen LogP contribution in [0.1, 0.15) is 39.0 Å². The SMILES string of the molecule is COC(=O)[C@@H]1C(C)=C[C@@H](O)CC12CCCC2. The molecule has 0 bridgehead atoms. The molecule has 2 aliphatic rings. The van der Waals surface area contributed by atoms with Gasteiger partial charge >= 0.3 is 5.97 Å². The number of hydrogen-bond acceptors (Lipinski definition) is 3. The fourth-order valence-electron chi connectivity index (χ4n) is 3.60. The van der Waals surface area contributed by atoms with Crippen LogP contribution >= 0.6 is 0 Å². The maximum Gasteiger partial charge on any atom is 0.313 e. The van der Waals surface area contributed by atoms with Crippen molar-refractivity contribution in [2.24, 2.45) is 11.3 Å². The molecule has 1 fully saturated rings. The van der Waals surface area contributed by atoms with Crippen LogP contribution in [-0.2, 0) is 9.53 Å². The molecule has 0 radical (unpaired) electrons. The lowest BCUT2D eigenvalue weighted by atomic mass is 9.64. The van der Waals surface area contributed by atoms with E-state index in [-0.39, 0.29) is 23.4 Å². The Bertz CT molecular complexity index is 313. The first kappa shape index (κ1) is 11.6. The van der Waals surface area contributed by atoms with Gasteiger partial charge in [-0.25, -0.2) is 0 Å². The van der Waals surface area contributed by atoms with Crippen LogP contribution < -0.4 is 0 Å². The highest BCUT2D eigenvalue weighted by Crippen LogP contribution is 2.52. The second kappa shape index (κ2) is 4.21. The largest absolute Gasteiger partial charge is 0.469 e. The molecule has 0 aromatic rings. The van der Waals surface area contributed by atoms with E-state index >= 15 is 0 Å². The number of esters is 1. The van der Waals surface area contributed by atoms with Gasteiger partial charge in [0, 0.05) is 0 Å². The molecule has 0 amide bonds. The maximum atomic E-state index is 11.9. The van der Waals surface area contributed by atoms with Crippen LogP contribution in [0, 0.1) is 11.3 Å². The average Bonchev–Trinajstić information content (AvgIpc) is 2.65. The van der Waals surface area contributed by atoms with Gasteiger partial charge in [-0.15, -0.1) is 0 Å². The van der Waals surface area contributed by atoms with E-state index in [9.17, 15) is 9.90 Å². The highest BCUT2D eigenvalue weighted by atomic mass is 16.5. The van der Waals surface area contributed by atoms with E-state index in [1.807, 2.05) is 13.0 Å². The van der Waals surface area contributed by atoms with Gasteiger partial charge < -0.3 is 9.84 Å². The zero-order valence-corrected chi connectivity index (χ0v) is 10.0. The number of ether oxygens (including phenoxy) is 1. The average molecular weight is 224 g/mol. The van der Waals surface area contributed by atoms with Crippen molar-refractivity contribution >= 4 is 5.97 Å². The van der Waals surface area contributed by atoms with Crippen molar-refractivity contribution < 1.29 is 14.6 Å². The molecule has 2 rings (SSSR count). The van der Waals surface area contributed by atoms with Crippen molar-refractivity contribution in [2.45, 2.75) is 45.1 Å². The van der Waals surface area contributed by atoms with Crippen molar-refractivity contribution in [3.8, 4) is 0 Å². The van der Waals surface area contributed by atoms with Crippen LogP contribution in [-0.4, -0.2) is 24.3 Å². The molecule has 3 heteroatoms. The van der Waals surface area contributed by atoms with Crippen molar-refractivity contribution in [1.82, 2.24) is 0 Å². The third-order valence-corrected chi connectivity index (χ3v) is 4.17. The van der Waals surface area contributed by atoms with E-state index in [2.05, 4.69) is 0 Å². The number of hydrogen-bond donors (Lipinski definition) is 1. The normalized spacial score (nSPS) is 32.6. The Morgan fingerprint density at radius 1 is 1.50 bits per heavy atom. The van der Waals surface area contributed by atoms with Crippen molar-refractivity contribution in [3.63, 3.8) is 0 Å². The Hall–Kier alpha value is -0.830. The molecule has 0 aromatic heterocycles. The van der Waals surface area contributed by atoms with Crippen LogP contribution in [0.3, 0.4) is 0 Å². The van der Waals surface area contributed by atoms with Gasteiger partial charge in [0.15, 0.2) is 0 Å². The van der Waals surface area contributed by atoms with Crippen LogP contribution in [0.4, 0.5) is 0 Å². The number of aliphatic hydroxyl groups excluding tert-OH is 1. The van der Waals surface area contributed by atoms with Gasteiger partial charge in [0.25, 0.3) is 0 Å². The highest BCUT2D eigenvalue weighted by Gasteiger charge is 2.49. The minimum absolute atomic E-state index is 0.0364. The first-order valence-corrected chi connectivity index (χ1v) is 6.03. The summed E-state index contributed by atoms with van der Waals surface area (Å²) < 4.78 is 4.92. The molecule has 1 saturated carbocycles. The molecule has 2 atom stereocenters. The zero-order valence-electron chi connectivity index (χ0n) is 10.0. The van der Waals surface area contributed by atoms with E-state index in [4.69, 9.17) is 4.74 Å². The molecule has 1 spiro atoms. The van der Waals surface area contributed by atoms with Gasteiger partial charge in [0.1, 0.15) is 0 Å². The maximum absolute atomic E-state index is 11.9. The first-order chi connectivity index (χ1) is 7.59. The molecule has 3 nitrogen and oxygen atoms in total. The zero-order chi connectivity index (χ0) is 11.8. The quantitative estimate of drug-likeness (QED) is 0.547. The molecule has 1 N–H and O–H groups in total. The Kier molecular flexibility index (Phi) is 3.06. The molecule has 0 saturated heterocycles. The number of methoxy groups -OCH3 is 1. The Labute approximate surface area is 96.5 Å². The summed E-state index contributed by atoms with van der Waals surface area (Å²) in [6, 6.07) is 0. The molecule has 2 aliphatic carbocycles. The van der Waals surface area contributed by atoms with Gasteiger partial charge in [-0.3, -0.25) is 4.79 Å². The minimum Gasteiger partial charge on any atom is -0.469 e. The first-order valence-electron chi connectivity index (χ1n) is 6.03. The smallest absolute Gasteiger partial charge is 0.313 e. The summed E-state index contributed by atoms with van der Waals surface area (Å²) in [5, 5.41) is 9.85. The summed E-state index contributed by atoms with van der Waals surface area (Å²) in [4.78, 5) is 11.9. The lowest BCUT2D eigenvalue weighted by Crippen LogP contribution is -2.41. The van der Waals surface area contributed by atoms with E-state index in [0.717, 1.165) is 31.3 Å². The molecule has 0 heterocycles. The summed E-state index contributed by atoms with van der Waals surface area (Å²) in [7, 11) is 1.45. The summed E-state index contributed by atoms with van der Waals surface area (Å²) in [6.45, 7) is 1.93. The molecular weight excluding hydrogens is 204 g/mol. The van der Waals surface area contributed by atoms with Gasteiger partial charge in [0.2, 0.25) is 0 Å². The monoisotopic (exact) mass is 224 g/mol. The predicted octanol–water partition coefficient (Wildman–Crippen LogP) is 2.05. The number of aliphatic hydroxyl groups is 1. The predicted molar refractivity (Wildman–Crippen MR) is 60.8 cm³/mol. The second-order valence-electron chi connectivity index (χ2n) is 5.21. The fraction of sp³-hybridized carbons (Fsp3) is 0.769. The fourth-order valence-corrected chi connectivity index (χ4v) is 3.60. The highest BCUT2D eigenvalue weighted by molar-refractivity contribution is 5.77. The van der Waals surface area contributed by atoms with Gasteiger partial charge in [-0.05, 0) is 31.6 Å². The Balaban J connectivity index is 2.34. The third kappa shape index (κ3) is 1.77. The van der Waals surface area contributed by atoms with E-state index in [1.54, 1.807) is 0 Å². The number of carbonyl (C=O) groups is 1. The second-order valence-corrected chi connectivity index (χ2v) is 5.21. The lowest BCUT2D eigenvalue weighted by Gasteiger charge is -2.41. The molecule has 0 unspecified atom stereocenters. The third-order valence-electron chi connectivity index (χ3n) is 4.17. The number of carbonyl (C=O) groups excluding carboxylic acids is 1.